The molecule has 84 valence electrons. The van der Waals surface area contributed by atoms with E-state index in [-0.39, 0.29) is 5.91 Å². The number of thiophene rings is 1. The van der Waals surface area contributed by atoms with Crippen LogP contribution in [0.2, 0.25) is 0 Å². The molecular weight excluding hydrogens is 234 g/mol. The summed E-state index contributed by atoms with van der Waals surface area (Å²) in [6, 6.07) is 7.09. The lowest BCUT2D eigenvalue weighted by Gasteiger charge is -2.03. The van der Waals surface area contributed by atoms with Crippen LogP contribution in [0, 0.1) is 18.3 Å². The van der Waals surface area contributed by atoms with Crippen LogP contribution in [0.4, 0.5) is 5.82 Å². The van der Waals surface area contributed by atoms with Crippen LogP contribution in [0.15, 0.2) is 29.8 Å². The summed E-state index contributed by atoms with van der Waals surface area (Å²) in [7, 11) is 0. The number of pyridine rings is 1. The van der Waals surface area contributed by atoms with E-state index in [0.29, 0.717) is 16.3 Å². The summed E-state index contributed by atoms with van der Waals surface area (Å²) in [4.78, 5) is 16.5. The van der Waals surface area contributed by atoms with Crippen molar-refractivity contribution in [3.05, 3.63) is 45.8 Å². The number of carbonyl (C=O) groups is 1. The molecule has 0 saturated heterocycles. The van der Waals surface area contributed by atoms with Crippen molar-refractivity contribution < 1.29 is 4.79 Å². The van der Waals surface area contributed by atoms with E-state index in [1.807, 2.05) is 24.4 Å². The molecule has 0 spiro atoms. The normalized spacial score (nSPS) is 9.65. The molecule has 0 unspecified atom stereocenters. The number of anilines is 1. The Bertz CT molecular complexity index is 581. The topological polar surface area (TPSA) is 65.8 Å². The minimum atomic E-state index is -0.172. The maximum absolute atomic E-state index is 11.8. The minimum absolute atomic E-state index is 0.172. The number of nitrogens with zero attached hydrogens (tertiary/aromatic N) is 2. The highest BCUT2D eigenvalue weighted by Gasteiger charge is 2.10. The van der Waals surface area contributed by atoms with E-state index in [1.165, 1.54) is 17.5 Å². The summed E-state index contributed by atoms with van der Waals surface area (Å²) in [5, 5.41) is 13.2. The molecule has 4 nitrogen and oxygen atoms in total. The van der Waals surface area contributed by atoms with E-state index >= 15 is 0 Å². The molecule has 2 rings (SSSR count). The smallest absolute Gasteiger partial charge is 0.267 e. The van der Waals surface area contributed by atoms with E-state index < -0.39 is 0 Å². The fraction of sp³-hybridized carbons (Fsp3) is 0.0833. The number of aryl methyl sites for hydroxylation is 1. The van der Waals surface area contributed by atoms with E-state index in [0.717, 1.165) is 5.56 Å². The third-order valence-corrected chi connectivity index (χ3v) is 3.22. The van der Waals surface area contributed by atoms with Gasteiger partial charge in [-0.3, -0.25) is 4.79 Å². The molecule has 0 aliphatic rings. The van der Waals surface area contributed by atoms with Gasteiger partial charge in [0, 0.05) is 6.20 Å². The van der Waals surface area contributed by atoms with Crippen LogP contribution in [-0.2, 0) is 0 Å². The first-order valence-electron chi connectivity index (χ1n) is 4.92. The summed E-state index contributed by atoms with van der Waals surface area (Å²) in [6.07, 6.45) is 1.43. The molecule has 17 heavy (non-hydrogen) atoms. The zero-order valence-corrected chi connectivity index (χ0v) is 9.91. The molecule has 2 heterocycles. The van der Waals surface area contributed by atoms with E-state index in [2.05, 4.69) is 10.3 Å². The third kappa shape index (κ3) is 2.49. The quantitative estimate of drug-likeness (QED) is 0.881. The Kier molecular flexibility index (Phi) is 3.17. The second kappa shape index (κ2) is 4.76. The summed E-state index contributed by atoms with van der Waals surface area (Å²) >= 11 is 1.39. The third-order valence-electron chi connectivity index (χ3n) is 2.20. The van der Waals surface area contributed by atoms with Gasteiger partial charge in [0.25, 0.3) is 5.91 Å². The van der Waals surface area contributed by atoms with Gasteiger partial charge in [-0.25, -0.2) is 4.98 Å². The van der Waals surface area contributed by atoms with Crippen LogP contribution in [0.5, 0.6) is 0 Å². The van der Waals surface area contributed by atoms with Gasteiger partial charge in [-0.1, -0.05) is 0 Å². The molecule has 0 bridgehead atoms. The molecule has 0 aromatic carbocycles. The molecule has 2 aromatic rings. The molecule has 0 radical (unpaired) electrons. The number of nitriles is 1. The Morgan fingerprint density at radius 1 is 1.47 bits per heavy atom. The Balaban J connectivity index is 2.14. The Hall–Kier alpha value is -2.19. The van der Waals surface area contributed by atoms with E-state index in [4.69, 9.17) is 5.26 Å². The molecule has 5 heteroatoms. The van der Waals surface area contributed by atoms with Crippen LogP contribution < -0.4 is 5.32 Å². The Labute approximate surface area is 103 Å². The zero-order chi connectivity index (χ0) is 12.3. The van der Waals surface area contributed by atoms with Gasteiger partial charge in [-0.15, -0.1) is 11.3 Å². The van der Waals surface area contributed by atoms with Gasteiger partial charge in [0.15, 0.2) is 0 Å². The van der Waals surface area contributed by atoms with Crippen molar-refractivity contribution in [1.82, 2.24) is 4.98 Å². The number of nitrogens with one attached hydrogen (secondary N) is 1. The summed E-state index contributed by atoms with van der Waals surface area (Å²) < 4.78 is 0. The fourth-order valence-corrected chi connectivity index (χ4v) is 2.13. The average Bonchev–Trinajstić information content (AvgIpc) is 2.76. The highest BCUT2D eigenvalue weighted by molar-refractivity contribution is 7.12. The van der Waals surface area contributed by atoms with Crippen LogP contribution in [0.25, 0.3) is 0 Å². The largest absolute Gasteiger partial charge is 0.306 e. The van der Waals surface area contributed by atoms with Gasteiger partial charge < -0.3 is 5.32 Å². The Morgan fingerprint density at radius 2 is 2.29 bits per heavy atom. The molecule has 0 saturated carbocycles. The SMILES string of the molecule is Cc1ccsc1C(=O)Nc1ccc(C#N)cn1. The van der Waals surface area contributed by atoms with Crippen LogP contribution in [0.3, 0.4) is 0 Å². The standard InChI is InChI=1S/C12H9N3OS/c1-8-4-5-17-11(8)12(16)15-10-3-2-9(6-13)7-14-10/h2-5,7H,1H3,(H,14,15,16). The maximum Gasteiger partial charge on any atom is 0.267 e. The average molecular weight is 243 g/mol. The fourth-order valence-electron chi connectivity index (χ4n) is 1.31. The Morgan fingerprint density at radius 3 is 2.82 bits per heavy atom. The van der Waals surface area contributed by atoms with Crippen molar-refractivity contribution in [1.29, 1.82) is 5.26 Å². The highest BCUT2D eigenvalue weighted by atomic mass is 32.1. The molecule has 0 aliphatic heterocycles. The van der Waals surface area contributed by atoms with Gasteiger partial charge in [0.1, 0.15) is 11.9 Å². The van der Waals surface area contributed by atoms with Crippen LogP contribution in [-0.4, -0.2) is 10.9 Å². The molecular formula is C12H9N3OS. The molecule has 0 fully saturated rings. The molecule has 0 atom stereocenters. The van der Waals surface area contributed by atoms with Crippen molar-refractivity contribution >= 4 is 23.1 Å². The van der Waals surface area contributed by atoms with Gasteiger partial charge in [-0.05, 0) is 36.1 Å². The number of amides is 1. The maximum atomic E-state index is 11.8. The minimum Gasteiger partial charge on any atom is -0.306 e. The lowest BCUT2D eigenvalue weighted by molar-refractivity contribution is 0.102. The second-order valence-corrected chi connectivity index (χ2v) is 4.35. The van der Waals surface area contributed by atoms with E-state index in [1.54, 1.807) is 12.1 Å². The summed E-state index contributed by atoms with van der Waals surface area (Å²) in [5.41, 5.74) is 1.41. The lowest BCUT2D eigenvalue weighted by Crippen LogP contribution is -2.12. The van der Waals surface area contributed by atoms with E-state index in [9.17, 15) is 4.79 Å². The highest BCUT2D eigenvalue weighted by Crippen LogP contribution is 2.17. The predicted molar refractivity (Wildman–Crippen MR) is 66.0 cm³/mol. The monoisotopic (exact) mass is 243 g/mol. The molecule has 1 amide bonds. The van der Waals surface area contributed by atoms with Gasteiger partial charge >= 0.3 is 0 Å². The first-order chi connectivity index (χ1) is 8.20. The van der Waals surface area contributed by atoms with Crippen molar-refractivity contribution in [2.75, 3.05) is 5.32 Å². The number of aromatic nitrogens is 1. The predicted octanol–water partition coefficient (Wildman–Crippen LogP) is 2.58. The second-order valence-electron chi connectivity index (χ2n) is 3.43. The molecule has 2 aromatic heterocycles. The van der Waals surface area contributed by atoms with Crippen molar-refractivity contribution in [3.8, 4) is 6.07 Å². The first-order valence-corrected chi connectivity index (χ1v) is 5.80. The lowest BCUT2D eigenvalue weighted by atomic mass is 10.3. The molecule has 1 N–H and O–H groups in total. The molecule has 0 aliphatic carbocycles. The van der Waals surface area contributed by atoms with Crippen LogP contribution >= 0.6 is 11.3 Å². The number of rotatable bonds is 2. The summed E-state index contributed by atoms with van der Waals surface area (Å²) in [5.74, 6) is 0.275. The van der Waals surface area contributed by atoms with Crippen molar-refractivity contribution in [3.63, 3.8) is 0 Å². The van der Waals surface area contributed by atoms with Crippen LogP contribution in [0.1, 0.15) is 20.8 Å². The van der Waals surface area contributed by atoms with Crippen molar-refractivity contribution in [2.45, 2.75) is 6.92 Å². The summed E-state index contributed by atoms with van der Waals surface area (Å²) in [6.45, 7) is 1.89. The number of hydrogen-bond donors (Lipinski definition) is 1. The number of hydrogen-bond acceptors (Lipinski definition) is 4. The van der Waals surface area contributed by atoms with Gasteiger partial charge in [-0.2, -0.15) is 5.26 Å². The van der Waals surface area contributed by atoms with Crippen molar-refractivity contribution in [2.24, 2.45) is 0 Å². The van der Waals surface area contributed by atoms with Gasteiger partial charge in [0.05, 0.1) is 10.4 Å². The van der Waals surface area contributed by atoms with Gasteiger partial charge in [0.2, 0.25) is 0 Å². The first kappa shape index (κ1) is 11.3. The zero-order valence-electron chi connectivity index (χ0n) is 9.10. The number of carbonyl (C=O) groups excluding carboxylic acids is 1.